The third kappa shape index (κ3) is 5.55. The van der Waals surface area contributed by atoms with Crippen LogP contribution in [0.5, 0.6) is 5.75 Å². The molecule has 1 atom stereocenters. The molecule has 2 amide bonds. The van der Waals surface area contributed by atoms with E-state index in [0.29, 0.717) is 36.3 Å². The van der Waals surface area contributed by atoms with Gasteiger partial charge in [0.1, 0.15) is 18.1 Å². The Morgan fingerprint density at radius 3 is 3.04 bits per heavy atom. The Kier molecular flexibility index (Phi) is 6.43. The Hall–Kier alpha value is -2.87. The second-order valence-corrected chi connectivity index (χ2v) is 6.49. The Morgan fingerprint density at radius 2 is 2.26 bits per heavy atom. The van der Waals surface area contributed by atoms with E-state index < -0.39 is 0 Å². The maximum absolute atomic E-state index is 12.2. The zero-order chi connectivity index (χ0) is 19.1. The van der Waals surface area contributed by atoms with Gasteiger partial charge in [0.15, 0.2) is 0 Å². The van der Waals surface area contributed by atoms with Gasteiger partial charge in [0, 0.05) is 31.4 Å². The minimum Gasteiger partial charge on any atom is -0.492 e. The van der Waals surface area contributed by atoms with Crippen LogP contribution in [0.4, 0.5) is 5.69 Å². The molecule has 1 fully saturated rings. The molecule has 1 aliphatic heterocycles. The fraction of sp³-hybridized carbons (Fsp3) is 0.421. The topological polar surface area (TPSA) is 97.3 Å². The highest BCUT2D eigenvalue weighted by molar-refractivity contribution is 5.92. The second-order valence-electron chi connectivity index (χ2n) is 6.49. The van der Waals surface area contributed by atoms with Gasteiger partial charge in [0.05, 0.1) is 12.6 Å². The minimum atomic E-state index is -0.215. The van der Waals surface area contributed by atoms with Crippen LogP contribution in [0.25, 0.3) is 0 Å². The molecule has 0 spiro atoms. The summed E-state index contributed by atoms with van der Waals surface area (Å²) < 4.78 is 7.48. The third-order valence-electron chi connectivity index (χ3n) is 4.30. The molecule has 27 heavy (non-hydrogen) atoms. The SMILES string of the molecule is CC(=O)Nc1cccc(OCCNC(=O)c2ccn(C3CCCNC3)n2)c1. The van der Waals surface area contributed by atoms with Gasteiger partial charge in [-0.15, -0.1) is 0 Å². The van der Waals surface area contributed by atoms with Gasteiger partial charge in [0.25, 0.3) is 5.91 Å². The maximum atomic E-state index is 12.2. The Morgan fingerprint density at radius 1 is 1.37 bits per heavy atom. The third-order valence-corrected chi connectivity index (χ3v) is 4.30. The van der Waals surface area contributed by atoms with Crippen molar-refractivity contribution in [2.24, 2.45) is 0 Å². The predicted octanol–water partition coefficient (Wildman–Crippen LogP) is 1.57. The number of amides is 2. The van der Waals surface area contributed by atoms with Gasteiger partial charge in [-0.1, -0.05) is 6.07 Å². The summed E-state index contributed by atoms with van der Waals surface area (Å²) in [5.74, 6) is 0.278. The first kappa shape index (κ1) is 18.9. The first-order chi connectivity index (χ1) is 13.1. The largest absolute Gasteiger partial charge is 0.492 e. The molecule has 3 rings (SSSR count). The highest BCUT2D eigenvalue weighted by Crippen LogP contribution is 2.17. The highest BCUT2D eigenvalue weighted by atomic mass is 16.5. The van der Waals surface area contributed by atoms with Crippen molar-refractivity contribution in [1.82, 2.24) is 20.4 Å². The van der Waals surface area contributed by atoms with Crippen LogP contribution in [0, 0.1) is 0 Å². The molecule has 0 bridgehead atoms. The van der Waals surface area contributed by atoms with Crippen molar-refractivity contribution in [3.8, 4) is 5.75 Å². The molecule has 8 heteroatoms. The van der Waals surface area contributed by atoms with Crippen molar-refractivity contribution < 1.29 is 14.3 Å². The zero-order valence-electron chi connectivity index (χ0n) is 15.4. The summed E-state index contributed by atoms with van der Waals surface area (Å²) in [7, 11) is 0. The van der Waals surface area contributed by atoms with E-state index in [4.69, 9.17) is 4.74 Å². The molecule has 0 radical (unpaired) electrons. The number of nitrogens with one attached hydrogen (secondary N) is 3. The van der Waals surface area contributed by atoms with E-state index >= 15 is 0 Å². The number of hydrogen-bond acceptors (Lipinski definition) is 5. The lowest BCUT2D eigenvalue weighted by Gasteiger charge is -2.22. The van der Waals surface area contributed by atoms with E-state index in [1.54, 1.807) is 30.3 Å². The van der Waals surface area contributed by atoms with Gasteiger partial charge in [-0.25, -0.2) is 0 Å². The first-order valence-electron chi connectivity index (χ1n) is 9.16. The number of carbonyl (C=O) groups excluding carboxylic acids is 2. The summed E-state index contributed by atoms with van der Waals surface area (Å²) >= 11 is 0. The molecule has 144 valence electrons. The molecule has 3 N–H and O–H groups in total. The number of aromatic nitrogens is 2. The number of ether oxygens (including phenoxy) is 1. The molecule has 0 saturated carbocycles. The molecule has 8 nitrogen and oxygen atoms in total. The van der Waals surface area contributed by atoms with Crippen LogP contribution >= 0.6 is 0 Å². The maximum Gasteiger partial charge on any atom is 0.271 e. The van der Waals surface area contributed by atoms with Gasteiger partial charge in [-0.2, -0.15) is 5.10 Å². The van der Waals surface area contributed by atoms with Crippen LogP contribution in [0.1, 0.15) is 36.3 Å². The van der Waals surface area contributed by atoms with Crippen molar-refractivity contribution in [2.75, 3.05) is 31.6 Å². The van der Waals surface area contributed by atoms with Crippen molar-refractivity contribution in [1.29, 1.82) is 0 Å². The number of hydrogen-bond donors (Lipinski definition) is 3. The predicted molar refractivity (Wildman–Crippen MR) is 102 cm³/mol. The first-order valence-corrected chi connectivity index (χ1v) is 9.16. The summed E-state index contributed by atoms with van der Waals surface area (Å²) in [6.45, 7) is 4.06. The lowest BCUT2D eigenvalue weighted by molar-refractivity contribution is -0.114. The van der Waals surface area contributed by atoms with Gasteiger partial charge < -0.3 is 20.7 Å². The second kappa shape index (κ2) is 9.18. The van der Waals surface area contributed by atoms with Gasteiger partial charge in [-0.05, 0) is 37.6 Å². The fourth-order valence-corrected chi connectivity index (χ4v) is 3.01. The number of piperidine rings is 1. The molecule has 2 aromatic rings. The van der Waals surface area contributed by atoms with Crippen LogP contribution in [-0.4, -0.2) is 47.8 Å². The summed E-state index contributed by atoms with van der Waals surface area (Å²) in [5, 5.41) is 13.2. The molecule has 2 heterocycles. The van der Waals surface area contributed by atoms with Crippen LogP contribution in [-0.2, 0) is 4.79 Å². The Labute approximate surface area is 158 Å². The van der Waals surface area contributed by atoms with Crippen LogP contribution in [0.2, 0.25) is 0 Å². The molecule has 1 aliphatic rings. The number of anilines is 1. The molecular formula is C19H25N5O3. The quantitative estimate of drug-likeness (QED) is 0.642. The average molecular weight is 371 g/mol. The number of benzene rings is 1. The summed E-state index contributed by atoms with van der Waals surface area (Å²) in [5.41, 5.74) is 1.08. The van der Waals surface area contributed by atoms with Crippen molar-refractivity contribution in [3.05, 3.63) is 42.2 Å². The van der Waals surface area contributed by atoms with E-state index in [1.807, 2.05) is 10.9 Å². The van der Waals surface area contributed by atoms with E-state index in [-0.39, 0.29) is 11.8 Å². The molecule has 1 unspecified atom stereocenters. The van der Waals surface area contributed by atoms with Crippen molar-refractivity contribution in [3.63, 3.8) is 0 Å². The highest BCUT2D eigenvalue weighted by Gasteiger charge is 2.17. The van der Waals surface area contributed by atoms with Gasteiger partial charge in [0.2, 0.25) is 5.91 Å². The normalized spacial score (nSPS) is 16.6. The molecule has 1 aromatic carbocycles. The van der Waals surface area contributed by atoms with E-state index in [9.17, 15) is 9.59 Å². The monoisotopic (exact) mass is 371 g/mol. The van der Waals surface area contributed by atoms with Crippen LogP contribution < -0.4 is 20.7 Å². The number of nitrogens with zero attached hydrogens (tertiary/aromatic N) is 2. The average Bonchev–Trinajstić information content (AvgIpc) is 3.16. The molecule has 1 saturated heterocycles. The summed E-state index contributed by atoms with van der Waals surface area (Å²) in [6, 6.07) is 9.16. The van der Waals surface area contributed by atoms with Crippen molar-refractivity contribution in [2.45, 2.75) is 25.8 Å². The summed E-state index contributed by atoms with van der Waals surface area (Å²) in [6.07, 6.45) is 4.05. The lowest BCUT2D eigenvalue weighted by Crippen LogP contribution is -2.32. The van der Waals surface area contributed by atoms with E-state index in [2.05, 4.69) is 21.0 Å². The van der Waals surface area contributed by atoms with E-state index in [0.717, 1.165) is 25.9 Å². The number of rotatable bonds is 7. The molecular weight excluding hydrogens is 346 g/mol. The summed E-state index contributed by atoms with van der Waals surface area (Å²) in [4.78, 5) is 23.3. The van der Waals surface area contributed by atoms with Crippen LogP contribution in [0.3, 0.4) is 0 Å². The van der Waals surface area contributed by atoms with Crippen molar-refractivity contribution >= 4 is 17.5 Å². The fourth-order valence-electron chi connectivity index (χ4n) is 3.01. The number of carbonyl (C=O) groups is 2. The van der Waals surface area contributed by atoms with E-state index in [1.165, 1.54) is 6.92 Å². The molecule has 0 aliphatic carbocycles. The molecule has 1 aromatic heterocycles. The standard InChI is InChI=1S/C19H25N5O3/c1-14(25)22-15-4-2-6-17(12-15)27-11-9-21-19(26)18-7-10-24(23-18)16-5-3-8-20-13-16/h2,4,6-7,10,12,16,20H,3,5,8-9,11,13H2,1H3,(H,21,26)(H,22,25). The minimum absolute atomic E-state index is 0.136. The Balaban J connectivity index is 1.43. The van der Waals surface area contributed by atoms with Crippen LogP contribution in [0.15, 0.2) is 36.5 Å². The smallest absolute Gasteiger partial charge is 0.271 e. The van der Waals surface area contributed by atoms with Gasteiger partial charge in [-0.3, -0.25) is 14.3 Å². The van der Waals surface area contributed by atoms with Gasteiger partial charge >= 0.3 is 0 Å². The lowest BCUT2D eigenvalue weighted by atomic mass is 10.1. The Bertz CT molecular complexity index is 783. The zero-order valence-corrected chi connectivity index (χ0v) is 15.4.